The maximum atomic E-state index is 6.28. The number of hydrogen-bond acceptors (Lipinski definition) is 4. The van der Waals surface area contributed by atoms with Crippen LogP contribution in [0.1, 0.15) is 32.1 Å². The second kappa shape index (κ2) is 5.68. The third-order valence-electron chi connectivity index (χ3n) is 5.74. The Hall–Kier alpha value is -0.160. The van der Waals surface area contributed by atoms with Crippen molar-refractivity contribution in [3.8, 4) is 0 Å². The largest absolute Gasteiger partial charge is 0.384 e. The maximum absolute atomic E-state index is 6.28. The number of piperidine rings is 1. The molecule has 0 aromatic rings. The fraction of sp³-hybridized carbons (Fsp3) is 1.00. The second-order valence-electron chi connectivity index (χ2n) is 6.66. The first-order valence-corrected chi connectivity index (χ1v) is 7.98. The summed E-state index contributed by atoms with van der Waals surface area (Å²) in [6.45, 7) is 6.69. The van der Waals surface area contributed by atoms with E-state index < -0.39 is 0 Å². The van der Waals surface area contributed by atoms with Gasteiger partial charge in [0.2, 0.25) is 0 Å². The molecule has 3 aliphatic heterocycles. The van der Waals surface area contributed by atoms with Crippen molar-refractivity contribution in [1.82, 2.24) is 9.80 Å². The molecular formula is C15H29N3O. The summed E-state index contributed by atoms with van der Waals surface area (Å²) in [6.07, 6.45) is 6.67. The number of fused-ring (bicyclic) bond motifs is 1. The van der Waals surface area contributed by atoms with E-state index in [1.165, 1.54) is 58.3 Å². The van der Waals surface area contributed by atoms with Gasteiger partial charge in [-0.2, -0.15) is 0 Å². The summed E-state index contributed by atoms with van der Waals surface area (Å²) in [5.41, 5.74) is 6.54. The van der Waals surface area contributed by atoms with Crippen LogP contribution in [0.3, 0.4) is 0 Å². The lowest BCUT2D eigenvalue weighted by molar-refractivity contribution is 0.0480. The number of ether oxygens (including phenoxy) is 1. The highest BCUT2D eigenvalue weighted by atomic mass is 16.5. The van der Waals surface area contributed by atoms with Gasteiger partial charge in [-0.3, -0.25) is 9.80 Å². The first-order chi connectivity index (χ1) is 9.30. The molecule has 0 aliphatic carbocycles. The lowest BCUT2D eigenvalue weighted by atomic mass is 9.84. The maximum Gasteiger partial charge on any atom is 0.0503 e. The fourth-order valence-electron chi connectivity index (χ4n) is 4.72. The Balaban J connectivity index is 1.73. The smallest absolute Gasteiger partial charge is 0.0503 e. The van der Waals surface area contributed by atoms with Crippen LogP contribution in [0.25, 0.3) is 0 Å². The molecule has 3 atom stereocenters. The third-order valence-corrected chi connectivity index (χ3v) is 5.74. The molecule has 2 N–H and O–H groups in total. The number of hydrogen-bond donors (Lipinski definition) is 1. The number of likely N-dealkylation sites (tertiary alicyclic amines) is 1. The predicted octanol–water partition coefficient (Wildman–Crippen LogP) is 0.910. The number of nitrogens with zero attached hydrogens (tertiary/aromatic N) is 2. The minimum atomic E-state index is 0.267. The highest BCUT2D eigenvalue weighted by Gasteiger charge is 2.51. The Morgan fingerprint density at radius 2 is 2.11 bits per heavy atom. The van der Waals surface area contributed by atoms with E-state index in [9.17, 15) is 0 Å². The molecule has 3 unspecified atom stereocenters. The molecule has 0 aromatic heterocycles. The van der Waals surface area contributed by atoms with Crippen LogP contribution in [0.15, 0.2) is 0 Å². The molecule has 19 heavy (non-hydrogen) atoms. The zero-order valence-electron chi connectivity index (χ0n) is 12.3. The van der Waals surface area contributed by atoms with E-state index in [0.29, 0.717) is 12.0 Å². The van der Waals surface area contributed by atoms with Gasteiger partial charge < -0.3 is 10.5 Å². The Morgan fingerprint density at radius 1 is 1.21 bits per heavy atom. The molecule has 3 saturated heterocycles. The monoisotopic (exact) mass is 267 g/mol. The van der Waals surface area contributed by atoms with Gasteiger partial charge >= 0.3 is 0 Å². The molecule has 110 valence electrons. The molecular weight excluding hydrogens is 238 g/mol. The van der Waals surface area contributed by atoms with E-state index in [1.54, 1.807) is 0 Å². The highest BCUT2D eigenvalue weighted by molar-refractivity contribution is 5.10. The molecule has 4 heteroatoms. The van der Waals surface area contributed by atoms with Crippen molar-refractivity contribution < 1.29 is 4.74 Å². The van der Waals surface area contributed by atoms with E-state index in [2.05, 4.69) is 9.80 Å². The second-order valence-corrected chi connectivity index (χ2v) is 6.66. The van der Waals surface area contributed by atoms with E-state index in [0.717, 1.165) is 13.2 Å². The van der Waals surface area contributed by atoms with Crippen LogP contribution in [0.2, 0.25) is 0 Å². The van der Waals surface area contributed by atoms with Crippen molar-refractivity contribution in [2.24, 2.45) is 11.7 Å². The molecule has 3 rings (SSSR count). The summed E-state index contributed by atoms with van der Waals surface area (Å²) < 4.78 is 5.34. The van der Waals surface area contributed by atoms with Gasteiger partial charge in [0.15, 0.2) is 0 Å². The van der Waals surface area contributed by atoms with Crippen LogP contribution in [0.4, 0.5) is 0 Å². The van der Waals surface area contributed by atoms with Crippen LogP contribution < -0.4 is 5.73 Å². The molecule has 0 aromatic carbocycles. The summed E-state index contributed by atoms with van der Waals surface area (Å²) >= 11 is 0. The van der Waals surface area contributed by atoms with Gasteiger partial charge in [0, 0.05) is 38.3 Å². The van der Waals surface area contributed by atoms with Gasteiger partial charge in [-0.15, -0.1) is 0 Å². The third kappa shape index (κ3) is 2.33. The number of nitrogens with two attached hydrogens (primary N) is 1. The van der Waals surface area contributed by atoms with Crippen LogP contribution in [-0.4, -0.2) is 67.8 Å². The van der Waals surface area contributed by atoms with Gasteiger partial charge in [0.25, 0.3) is 0 Å². The first kappa shape index (κ1) is 13.8. The lowest BCUT2D eigenvalue weighted by Gasteiger charge is -2.46. The highest BCUT2D eigenvalue weighted by Crippen LogP contribution is 2.41. The van der Waals surface area contributed by atoms with Crippen LogP contribution >= 0.6 is 0 Å². The zero-order valence-corrected chi connectivity index (χ0v) is 12.3. The topological polar surface area (TPSA) is 41.7 Å². The van der Waals surface area contributed by atoms with Crippen molar-refractivity contribution in [2.75, 3.05) is 46.4 Å². The molecule has 3 heterocycles. The van der Waals surface area contributed by atoms with Gasteiger partial charge in [-0.1, -0.05) is 6.42 Å². The lowest BCUT2D eigenvalue weighted by Crippen LogP contribution is -2.61. The van der Waals surface area contributed by atoms with E-state index >= 15 is 0 Å². The molecule has 3 aliphatic rings. The standard InChI is InChI=1S/C15H29N3O/c1-19-11-13-5-8-18(10-13)15(12-16)6-9-17-7-3-2-4-14(15)17/h13-14H,2-12,16H2,1H3. The average molecular weight is 267 g/mol. The number of rotatable bonds is 4. The molecule has 0 saturated carbocycles. The van der Waals surface area contributed by atoms with E-state index in [1.807, 2.05) is 7.11 Å². The zero-order chi connectivity index (χ0) is 13.3. The van der Waals surface area contributed by atoms with Crippen molar-refractivity contribution in [3.05, 3.63) is 0 Å². The molecule has 0 radical (unpaired) electrons. The average Bonchev–Trinajstić information content (AvgIpc) is 3.04. The summed E-state index contributed by atoms with van der Waals surface area (Å²) in [6, 6.07) is 0.715. The number of methoxy groups -OCH3 is 1. The summed E-state index contributed by atoms with van der Waals surface area (Å²) in [7, 11) is 1.82. The van der Waals surface area contributed by atoms with Crippen molar-refractivity contribution >= 4 is 0 Å². The Bertz CT molecular complexity index is 312. The van der Waals surface area contributed by atoms with Gasteiger partial charge in [0.1, 0.15) is 0 Å². The van der Waals surface area contributed by atoms with Crippen LogP contribution in [0.5, 0.6) is 0 Å². The van der Waals surface area contributed by atoms with Crippen LogP contribution in [0, 0.1) is 5.92 Å². The minimum Gasteiger partial charge on any atom is -0.384 e. The minimum absolute atomic E-state index is 0.267. The van der Waals surface area contributed by atoms with Gasteiger partial charge in [0.05, 0.1) is 6.61 Å². The Labute approximate surface area is 117 Å². The van der Waals surface area contributed by atoms with Gasteiger partial charge in [-0.05, 0) is 44.7 Å². The molecule has 0 bridgehead atoms. The molecule has 3 fully saturated rings. The van der Waals surface area contributed by atoms with Crippen molar-refractivity contribution in [1.29, 1.82) is 0 Å². The Kier molecular flexibility index (Phi) is 4.13. The van der Waals surface area contributed by atoms with Crippen molar-refractivity contribution in [3.63, 3.8) is 0 Å². The molecule has 0 amide bonds. The Morgan fingerprint density at radius 3 is 2.89 bits per heavy atom. The fourth-order valence-corrected chi connectivity index (χ4v) is 4.72. The molecule has 0 spiro atoms. The summed E-state index contributed by atoms with van der Waals surface area (Å²) in [5.74, 6) is 0.714. The van der Waals surface area contributed by atoms with Gasteiger partial charge in [-0.25, -0.2) is 0 Å². The predicted molar refractivity (Wildman–Crippen MR) is 77.2 cm³/mol. The normalized spacial score (nSPS) is 40.7. The van der Waals surface area contributed by atoms with Crippen LogP contribution in [-0.2, 0) is 4.74 Å². The first-order valence-electron chi connectivity index (χ1n) is 7.98. The summed E-state index contributed by atoms with van der Waals surface area (Å²) in [5, 5.41) is 0. The summed E-state index contributed by atoms with van der Waals surface area (Å²) in [4.78, 5) is 5.42. The quantitative estimate of drug-likeness (QED) is 0.822. The van der Waals surface area contributed by atoms with E-state index in [4.69, 9.17) is 10.5 Å². The SMILES string of the molecule is COCC1CCN(C2(CN)CCN3CCCCC32)C1. The van der Waals surface area contributed by atoms with Crippen molar-refractivity contribution in [2.45, 2.75) is 43.7 Å². The van der Waals surface area contributed by atoms with E-state index in [-0.39, 0.29) is 5.54 Å². The molecule has 4 nitrogen and oxygen atoms in total.